The zero-order valence-corrected chi connectivity index (χ0v) is 16.3. The standard InChI is InChI=1S/C21H25N5O/c1-14(2)20-17(6-5-9-22-20)21-18-13-25(10-11-26(18)15(3)24-21)16-7-8-19(27-4)23-12-16/h5-9,12,14H,10-11,13H2,1-4H3. The second kappa shape index (κ2) is 7.02. The molecule has 6 heteroatoms. The number of methoxy groups -OCH3 is 1. The molecule has 0 unspecified atom stereocenters. The first-order valence-electron chi connectivity index (χ1n) is 9.34. The zero-order chi connectivity index (χ0) is 19.0. The largest absolute Gasteiger partial charge is 0.481 e. The van der Waals surface area contributed by atoms with Crippen LogP contribution in [0, 0.1) is 6.92 Å². The second-order valence-electron chi connectivity index (χ2n) is 7.18. The summed E-state index contributed by atoms with van der Waals surface area (Å²) in [7, 11) is 1.64. The highest BCUT2D eigenvalue weighted by atomic mass is 16.5. The van der Waals surface area contributed by atoms with Crippen molar-refractivity contribution in [1.29, 1.82) is 0 Å². The molecule has 0 radical (unpaired) electrons. The quantitative estimate of drug-likeness (QED) is 0.706. The predicted molar refractivity (Wildman–Crippen MR) is 106 cm³/mol. The predicted octanol–water partition coefficient (Wildman–Crippen LogP) is 3.80. The molecule has 0 aliphatic carbocycles. The Bertz CT molecular complexity index is 946. The number of hydrogen-bond acceptors (Lipinski definition) is 5. The van der Waals surface area contributed by atoms with Gasteiger partial charge in [0.05, 0.1) is 42.6 Å². The first-order valence-corrected chi connectivity index (χ1v) is 9.34. The lowest BCUT2D eigenvalue weighted by atomic mass is 10.00. The van der Waals surface area contributed by atoms with E-state index in [9.17, 15) is 0 Å². The van der Waals surface area contributed by atoms with Gasteiger partial charge < -0.3 is 14.2 Å². The van der Waals surface area contributed by atoms with Crippen molar-refractivity contribution in [3.63, 3.8) is 0 Å². The highest BCUT2D eigenvalue weighted by Crippen LogP contribution is 2.33. The Hall–Kier alpha value is -2.89. The topological polar surface area (TPSA) is 56.1 Å². The van der Waals surface area contributed by atoms with Crippen LogP contribution in [-0.4, -0.2) is 33.2 Å². The molecule has 0 amide bonds. The van der Waals surface area contributed by atoms with E-state index in [1.807, 2.05) is 24.5 Å². The van der Waals surface area contributed by atoms with Crippen LogP contribution in [0.2, 0.25) is 0 Å². The first-order chi connectivity index (χ1) is 13.1. The SMILES string of the molecule is COc1ccc(N2CCn3c(C)nc(-c4cccnc4C(C)C)c3C2)cn1. The van der Waals surface area contributed by atoms with Crippen molar-refractivity contribution >= 4 is 5.69 Å². The number of aryl methyl sites for hydroxylation is 1. The summed E-state index contributed by atoms with van der Waals surface area (Å²) >= 11 is 0. The normalized spacial score (nSPS) is 13.7. The molecule has 0 saturated carbocycles. The van der Waals surface area contributed by atoms with Gasteiger partial charge in [-0.05, 0) is 31.0 Å². The lowest BCUT2D eigenvalue weighted by Gasteiger charge is -2.31. The molecule has 4 heterocycles. The van der Waals surface area contributed by atoms with Gasteiger partial charge in [-0.3, -0.25) is 4.98 Å². The van der Waals surface area contributed by atoms with Gasteiger partial charge >= 0.3 is 0 Å². The third-order valence-electron chi connectivity index (χ3n) is 5.13. The van der Waals surface area contributed by atoms with E-state index in [0.717, 1.165) is 48.1 Å². The van der Waals surface area contributed by atoms with Gasteiger partial charge in [-0.25, -0.2) is 9.97 Å². The van der Waals surface area contributed by atoms with Crippen LogP contribution in [0.4, 0.5) is 5.69 Å². The monoisotopic (exact) mass is 363 g/mol. The Morgan fingerprint density at radius 3 is 2.67 bits per heavy atom. The number of imidazole rings is 1. The maximum Gasteiger partial charge on any atom is 0.213 e. The summed E-state index contributed by atoms with van der Waals surface area (Å²) in [6, 6.07) is 8.11. The van der Waals surface area contributed by atoms with E-state index in [1.54, 1.807) is 7.11 Å². The summed E-state index contributed by atoms with van der Waals surface area (Å²) in [5.41, 5.74) is 5.63. The lowest BCUT2D eigenvalue weighted by Crippen LogP contribution is -2.34. The van der Waals surface area contributed by atoms with E-state index in [2.05, 4.69) is 52.3 Å². The molecule has 0 spiro atoms. The molecule has 0 bridgehead atoms. The van der Waals surface area contributed by atoms with E-state index in [4.69, 9.17) is 9.72 Å². The van der Waals surface area contributed by atoms with Crippen molar-refractivity contribution in [1.82, 2.24) is 19.5 Å². The molecular weight excluding hydrogens is 338 g/mol. The average molecular weight is 363 g/mol. The Morgan fingerprint density at radius 2 is 1.96 bits per heavy atom. The van der Waals surface area contributed by atoms with Gasteiger partial charge in [0.2, 0.25) is 5.88 Å². The average Bonchev–Trinajstić information content (AvgIpc) is 3.04. The minimum atomic E-state index is 0.351. The van der Waals surface area contributed by atoms with Gasteiger partial charge in [0.25, 0.3) is 0 Å². The summed E-state index contributed by atoms with van der Waals surface area (Å²) in [6.45, 7) is 9.09. The van der Waals surface area contributed by atoms with Crippen LogP contribution in [-0.2, 0) is 13.1 Å². The van der Waals surface area contributed by atoms with Crippen LogP contribution in [0.25, 0.3) is 11.3 Å². The Labute approximate surface area is 159 Å². The minimum absolute atomic E-state index is 0.351. The molecule has 27 heavy (non-hydrogen) atoms. The van der Waals surface area contributed by atoms with Gasteiger partial charge in [-0.1, -0.05) is 13.8 Å². The molecule has 0 N–H and O–H groups in total. The molecule has 4 rings (SSSR count). The molecule has 0 atom stereocenters. The van der Waals surface area contributed by atoms with E-state index in [-0.39, 0.29) is 0 Å². The molecule has 1 aliphatic heterocycles. The molecule has 1 aliphatic rings. The molecule has 3 aromatic rings. The Kier molecular flexibility index (Phi) is 4.56. The van der Waals surface area contributed by atoms with Crippen molar-refractivity contribution in [3.8, 4) is 17.1 Å². The van der Waals surface area contributed by atoms with Gasteiger partial charge in [-0.15, -0.1) is 0 Å². The smallest absolute Gasteiger partial charge is 0.213 e. The molecular formula is C21H25N5O. The fraction of sp³-hybridized carbons (Fsp3) is 0.381. The number of ether oxygens (including phenoxy) is 1. The van der Waals surface area contributed by atoms with Crippen molar-refractivity contribution in [2.75, 3.05) is 18.6 Å². The highest BCUT2D eigenvalue weighted by molar-refractivity contribution is 5.66. The van der Waals surface area contributed by atoms with Gasteiger partial charge in [0.15, 0.2) is 0 Å². The summed E-state index contributed by atoms with van der Waals surface area (Å²) in [4.78, 5) is 16.2. The van der Waals surface area contributed by atoms with Crippen molar-refractivity contribution in [3.05, 3.63) is 53.9 Å². The van der Waals surface area contributed by atoms with Gasteiger partial charge in [-0.2, -0.15) is 0 Å². The molecule has 3 aromatic heterocycles. The highest BCUT2D eigenvalue weighted by Gasteiger charge is 2.25. The van der Waals surface area contributed by atoms with Crippen molar-refractivity contribution in [2.24, 2.45) is 0 Å². The number of anilines is 1. The molecule has 0 fully saturated rings. The van der Waals surface area contributed by atoms with Crippen LogP contribution in [0.15, 0.2) is 36.7 Å². The number of pyridine rings is 2. The summed E-state index contributed by atoms with van der Waals surface area (Å²) in [5.74, 6) is 2.05. The number of rotatable bonds is 4. The Balaban J connectivity index is 1.73. The molecule has 0 saturated heterocycles. The number of hydrogen-bond donors (Lipinski definition) is 0. The summed E-state index contributed by atoms with van der Waals surface area (Å²) in [6.07, 6.45) is 3.74. The maximum absolute atomic E-state index is 5.18. The van der Waals surface area contributed by atoms with Crippen LogP contribution in [0.3, 0.4) is 0 Å². The van der Waals surface area contributed by atoms with E-state index in [1.165, 1.54) is 5.69 Å². The molecule has 6 nitrogen and oxygen atoms in total. The van der Waals surface area contributed by atoms with Crippen LogP contribution in [0.5, 0.6) is 5.88 Å². The number of nitrogens with zero attached hydrogens (tertiary/aromatic N) is 5. The maximum atomic E-state index is 5.18. The third kappa shape index (κ3) is 3.16. The third-order valence-corrected chi connectivity index (χ3v) is 5.13. The van der Waals surface area contributed by atoms with Crippen molar-refractivity contribution in [2.45, 2.75) is 39.8 Å². The van der Waals surface area contributed by atoms with Crippen LogP contribution < -0.4 is 9.64 Å². The number of aromatic nitrogens is 4. The fourth-order valence-electron chi connectivity index (χ4n) is 3.74. The van der Waals surface area contributed by atoms with E-state index >= 15 is 0 Å². The minimum Gasteiger partial charge on any atom is -0.481 e. The first kappa shape index (κ1) is 17.5. The van der Waals surface area contributed by atoms with Gasteiger partial charge in [0.1, 0.15) is 5.82 Å². The fourth-order valence-corrected chi connectivity index (χ4v) is 3.74. The van der Waals surface area contributed by atoms with Crippen LogP contribution in [0.1, 0.15) is 37.0 Å². The second-order valence-corrected chi connectivity index (χ2v) is 7.18. The van der Waals surface area contributed by atoms with Gasteiger partial charge in [0, 0.05) is 30.9 Å². The Morgan fingerprint density at radius 1 is 1.11 bits per heavy atom. The van der Waals surface area contributed by atoms with E-state index in [0.29, 0.717) is 11.8 Å². The van der Waals surface area contributed by atoms with Crippen molar-refractivity contribution < 1.29 is 4.74 Å². The lowest BCUT2D eigenvalue weighted by molar-refractivity contribution is 0.398. The summed E-state index contributed by atoms with van der Waals surface area (Å²) < 4.78 is 7.51. The molecule has 140 valence electrons. The zero-order valence-electron chi connectivity index (χ0n) is 16.3. The summed E-state index contributed by atoms with van der Waals surface area (Å²) in [5, 5.41) is 0. The van der Waals surface area contributed by atoms with Crippen LogP contribution >= 0.6 is 0 Å². The number of fused-ring (bicyclic) bond motifs is 1. The molecule has 0 aromatic carbocycles. The van der Waals surface area contributed by atoms with E-state index < -0.39 is 0 Å².